The Hall–Kier alpha value is -2.70. The van der Waals surface area contributed by atoms with E-state index < -0.39 is 0 Å². The fourth-order valence-electron chi connectivity index (χ4n) is 3.23. The van der Waals surface area contributed by atoms with E-state index in [1.54, 1.807) is 23.1 Å². The van der Waals surface area contributed by atoms with Gasteiger partial charge in [0.15, 0.2) is 6.54 Å². The quantitative estimate of drug-likeness (QED) is 0.390. The molecule has 2 aromatic carbocycles. The lowest BCUT2D eigenvalue weighted by Gasteiger charge is -2.29. The van der Waals surface area contributed by atoms with E-state index in [-0.39, 0.29) is 11.7 Å². The molecule has 0 unspecified atom stereocenters. The van der Waals surface area contributed by atoms with Crippen LogP contribution in [0.15, 0.2) is 59.7 Å². The minimum atomic E-state index is -0.0989. The van der Waals surface area contributed by atoms with Crippen LogP contribution in [0.1, 0.15) is 11.1 Å². The first kappa shape index (κ1) is 18.1. The molecular weight excluding hydrogens is 328 g/mol. The second kappa shape index (κ2) is 9.12. The first-order valence-corrected chi connectivity index (χ1v) is 9.01. The summed E-state index contributed by atoms with van der Waals surface area (Å²) in [6, 6.07) is 17.4. The molecule has 0 aliphatic carbocycles. The lowest BCUT2D eigenvalue weighted by Crippen LogP contribution is -3.28. The number of phenols is 1. The number of rotatable bonds is 6. The number of hydrogen-bond acceptors (Lipinski definition) is 3. The Morgan fingerprint density at radius 1 is 1.00 bits per heavy atom. The average molecular weight is 354 g/mol. The Morgan fingerprint density at radius 2 is 1.65 bits per heavy atom. The normalized spacial score (nSPS) is 20.2. The lowest BCUT2D eigenvalue weighted by molar-refractivity contribution is -1.02. The van der Waals surface area contributed by atoms with Crippen LogP contribution in [0.4, 0.5) is 0 Å². The molecule has 1 saturated heterocycles. The molecule has 1 aliphatic rings. The van der Waals surface area contributed by atoms with E-state index in [9.17, 15) is 9.90 Å². The number of amides is 1. The molecule has 3 rings (SSSR count). The standard InChI is InChI=1S/C20H24N4O2/c25-19-9-5-4-8-18(19)14-21-22-20(26)16-24-12-10-23(11-13-24)15-17-6-2-1-3-7-17/h1-9,14,25H,10-13,15-16H2,(H,22,26)/p+2/b21-14+. The van der Waals surface area contributed by atoms with Crippen LogP contribution in [-0.2, 0) is 11.3 Å². The van der Waals surface area contributed by atoms with Gasteiger partial charge in [0, 0.05) is 11.1 Å². The van der Waals surface area contributed by atoms with Crippen molar-refractivity contribution >= 4 is 12.1 Å². The van der Waals surface area contributed by atoms with Crippen LogP contribution >= 0.6 is 0 Å². The predicted molar refractivity (Wildman–Crippen MR) is 100 cm³/mol. The number of quaternary nitrogens is 2. The molecule has 0 spiro atoms. The molecule has 0 atom stereocenters. The highest BCUT2D eigenvalue weighted by Gasteiger charge is 2.24. The summed E-state index contributed by atoms with van der Waals surface area (Å²) in [6.45, 7) is 5.58. The van der Waals surface area contributed by atoms with Gasteiger partial charge in [-0.15, -0.1) is 0 Å². The number of piperazine rings is 1. The van der Waals surface area contributed by atoms with E-state index in [1.165, 1.54) is 16.7 Å². The molecule has 0 aromatic heterocycles. The average Bonchev–Trinajstić information content (AvgIpc) is 2.66. The van der Waals surface area contributed by atoms with Gasteiger partial charge in [-0.05, 0) is 12.1 Å². The van der Waals surface area contributed by atoms with Crippen molar-refractivity contribution in [2.75, 3.05) is 32.7 Å². The van der Waals surface area contributed by atoms with Crippen molar-refractivity contribution in [3.05, 3.63) is 65.7 Å². The molecule has 6 heteroatoms. The first-order chi connectivity index (χ1) is 12.7. The Kier molecular flexibility index (Phi) is 6.35. The summed E-state index contributed by atoms with van der Waals surface area (Å²) in [5.74, 6) is 0.0480. The second-order valence-corrected chi connectivity index (χ2v) is 6.69. The van der Waals surface area contributed by atoms with Crippen LogP contribution in [0.5, 0.6) is 5.75 Å². The topological polar surface area (TPSA) is 70.6 Å². The summed E-state index contributed by atoms with van der Waals surface area (Å²) in [7, 11) is 0. The maximum Gasteiger partial charge on any atom is 0.295 e. The van der Waals surface area contributed by atoms with Gasteiger partial charge in [-0.1, -0.05) is 42.5 Å². The first-order valence-electron chi connectivity index (χ1n) is 9.01. The summed E-state index contributed by atoms with van der Waals surface area (Å²) in [5, 5.41) is 13.6. The maximum absolute atomic E-state index is 12.0. The zero-order chi connectivity index (χ0) is 18.2. The van der Waals surface area contributed by atoms with E-state index in [0.717, 1.165) is 32.7 Å². The molecule has 1 fully saturated rings. The lowest BCUT2D eigenvalue weighted by atomic mass is 10.2. The molecule has 136 valence electrons. The number of nitrogens with zero attached hydrogens (tertiary/aromatic N) is 1. The van der Waals surface area contributed by atoms with Crippen molar-refractivity contribution in [3.8, 4) is 5.75 Å². The molecule has 0 radical (unpaired) electrons. The van der Waals surface area contributed by atoms with Gasteiger partial charge < -0.3 is 14.9 Å². The highest BCUT2D eigenvalue weighted by molar-refractivity contribution is 5.85. The minimum absolute atomic E-state index is 0.0989. The number of nitrogens with one attached hydrogen (secondary N) is 3. The monoisotopic (exact) mass is 354 g/mol. The van der Waals surface area contributed by atoms with Gasteiger partial charge in [0.2, 0.25) is 0 Å². The number of carbonyl (C=O) groups excluding carboxylic acids is 1. The number of benzene rings is 2. The van der Waals surface area contributed by atoms with Crippen LogP contribution < -0.4 is 15.2 Å². The highest BCUT2D eigenvalue weighted by atomic mass is 16.3. The molecule has 1 amide bonds. The third-order valence-corrected chi connectivity index (χ3v) is 4.70. The van der Waals surface area contributed by atoms with Gasteiger partial charge in [0.05, 0.1) is 6.21 Å². The number of hydrazone groups is 1. The van der Waals surface area contributed by atoms with Crippen molar-refractivity contribution in [2.45, 2.75) is 6.54 Å². The van der Waals surface area contributed by atoms with Crippen LogP contribution in [0.25, 0.3) is 0 Å². The van der Waals surface area contributed by atoms with Crippen LogP contribution in [-0.4, -0.2) is 50.0 Å². The largest absolute Gasteiger partial charge is 0.507 e. The van der Waals surface area contributed by atoms with Gasteiger partial charge in [-0.2, -0.15) is 5.10 Å². The van der Waals surface area contributed by atoms with Crippen molar-refractivity contribution in [3.63, 3.8) is 0 Å². The number of para-hydroxylation sites is 1. The van der Waals surface area contributed by atoms with E-state index in [0.29, 0.717) is 12.1 Å². The van der Waals surface area contributed by atoms with Crippen molar-refractivity contribution in [1.29, 1.82) is 0 Å². The Bertz CT molecular complexity index is 740. The third-order valence-electron chi connectivity index (χ3n) is 4.70. The van der Waals surface area contributed by atoms with Crippen LogP contribution in [0.2, 0.25) is 0 Å². The van der Waals surface area contributed by atoms with Gasteiger partial charge in [0.1, 0.15) is 38.5 Å². The summed E-state index contributed by atoms with van der Waals surface area (Å²) in [6.07, 6.45) is 1.46. The number of carbonyl (C=O) groups is 1. The van der Waals surface area contributed by atoms with Crippen LogP contribution in [0.3, 0.4) is 0 Å². The van der Waals surface area contributed by atoms with Crippen molar-refractivity contribution < 1.29 is 19.7 Å². The molecule has 1 heterocycles. The zero-order valence-corrected chi connectivity index (χ0v) is 14.8. The minimum Gasteiger partial charge on any atom is -0.507 e. The van der Waals surface area contributed by atoms with Gasteiger partial charge >= 0.3 is 0 Å². The zero-order valence-electron chi connectivity index (χ0n) is 14.8. The molecule has 0 bridgehead atoms. The highest BCUT2D eigenvalue weighted by Crippen LogP contribution is 2.12. The molecule has 0 saturated carbocycles. The van der Waals surface area contributed by atoms with Gasteiger partial charge in [-0.25, -0.2) is 5.43 Å². The van der Waals surface area contributed by atoms with Gasteiger partial charge in [-0.3, -0.25) is 4.79 Å². The Morgan fingerprint density at radius 3 is 2.38 bits per heavy atom. The molecular formula is C20H26N4O2+2. The number of hydrogen-bond donors (Lipinski definition) is 4. The molecule has 2 aromatic rings. The van der Waals surface area contributed by atoms with E-state index >= 15 is 0 Å². The fourth-order valence-corrected chi connectivity index (χ4v) is 3.23. The van der Waals surface area contributed by atoms with Gasteiger partial charge in [0.25, 0.3) is 5.91 Å². The summed E-state index contributed by atoms with van der Waals surface area (Å²) >= 11 is 0. The second-order valence-electron chi connectivity index (χ2n) is 6.69. The smallest absolute Gasteiger partial charge is 0.295 e. The third kappa shape index (κ3) is 5.40. The molecule has 1 aliphatic heterocycles. The maximum atomic E-state index is 12.0. The number of aromatic hydroxyl groups is 1. The summed E-state index contributed by atoms with van der Waals surface area (Å²) in [5.41, 5.74) is 4.49. The predicted octanol–water partition coefficient (Wildman–Crippen LogP) is -1.17. The Labute approximate surface area is 153 Å². The number of phenolic OH excluding ortho intramolecular Hbond substituents is 1. The van der Waals surface area contributed by atoms with E-state index in [1.807, 2.05) is 12.1 Å². The summed E-state index contributed by atoms with van der Waals surface area (Å²) < 4.78 is 0. The van der Waals surface area contributed by atoms with Crippen molar-refractivity contribution in [1.82, 2.24) is 5.43 Å². The van der Waals surface area contributed by atoms with Crippen LogP contribution in [0, 0.1) is 0 Å². The van der Waals surface area contributed by atoms with E-state index in [2.05, 4.69) is 34.8 Å². The molecule has 4 N–H and O–H groups in total. The molecule has 6 nitrogen and oxygen atoms in total. The van der Waals surface area contributed by atoms with E-state index in [4.69, 9.17) is 0 Å². The Balaban J connectivity index is 1.39. The SMILES string of the molecule is O=C(C[NH+]1CC[NH+](Cc2ccccc2)CC1)N/N=C/c1ccccc1O. The molecule has 26 heavy (non-hydrogen) atoms. The summed E-state index contributed by atoms with van der Waals surface area (Å²) in [4.78, 5) is 14.9. The fraction of sp³-hybridized carbons (Fsp3) is 0.300. The van der Waals surface area contributed by atoms with Crippen molar-refractivity contribution in [2.24, 2.45) is 5.10 Å².